The molecule has 2 nitrogen and oxygen atoms in total. The fourth-order valence-corrected chi connectivity index (χ4v) is 3.89. The molecule has 0 spiro atoms. The number of hydrogen-bond donors (Lipinski definition) is 0. The first-order valence-electron chi connectivity index (χ1n) is 10.3. The Balaban J connectivity index is 1.41. The summed E-state index contributed by atoms with van der Waals surface area (Å²) >= 11 is 0. The first-order valence-corrected chi connectivity index (χ1v) is 10.3. The first kappa shape index (κ1) is 18.5. The molecule has 1 heterocycles. The van der Waals surface area contributed by atoms with E-state index in [2.05, 4.69) is 91.0 Å². The van der Waals surface area contributed by atoms with E-state index < -0.39 is 0 Å². The minimum absolute atomic E-state index is 0.170. The Bertz CT molecular complexity index is 1220. The Kier molecular flexibility index (Phi) is 5.24. The van der Waals surface area contributed by atoms with E-state index in [-0.39, 0.29) is 6.23 Å². The molecule has 5 rings (SSSR count). The quantitative estimate of drug-likeness (QED) is 0.385. The van der Waals surface area contributed by atoms with Crippen molar-refractivity contribution in [3.05, 3.63) is 125 Å². The third kappa shape index (κ3) is 4.10. The second-order valence-electron chi connectivity index (χ2n) is 7.57. The van der Waals surface area contributed by atoms with E-state index in [1.165, 1.54) is 33.0 Å². The number of nitrogens with zero attached hydrogens (tertiary/aromatic N) is 1. The van der Waals surface area contributed by atoms with Gasteiger partial charge in [0.05, 0.1) is 12.3 Å². The maximum Gasteiger partial charge on any atom is 0.153 e. The molecule has 1 aliphatic heterocycles. The van der Waals surface area contributed by atoms with Crippen molar-refractivity contribution in [2.45, 2.75) is 19.3 Å². The van der Waals surface area contributed by atoms with E-state index in [0.29, 0.717) is 6.61 Å². The molecule has 0 saturated heterocycles. The van der Waals surface area contributed by atoms with E-state index >= 15 is 0 Å². The minimum Gasteiger partial charge on any atom is -0.352 e. The maximum absolute atomic E-state index is 6.14. The van der Waals surface area contributed by atoms with Crippen LogP contribution in [0, 0.1) is 0 Å². The number of allylic oxidation sites excluding steroid dienone is 1. The lowest BCUT2D eigenvalue weighted by Crippen LogP contribution is -2.22. The molecule has 1 unspecified atom stereocenters. The topological polar surface area (TPSA) is 21.6 Å². The van der Waals surface area contributed by atoms with Crippen LogP contribution in [-0.2, 0) is 17.8 Å². The lowest BCUT2D eigenvalue weighted by atomic mass is 9.96. The predicted molar refractivity (Wildman–Crippen MR) is 125 cm³/mol. The van der Waals surface area contributed by atoms with Gasteiger partial charge in [0.1, 0.15) is 0 Å². The number of fused-ring (bicyclic) bond motifs is 2. The summed E-state index contributed by atoms with van der Waals surface area (Å²) < 4.78 is 6.14. The number of aliphatic imine (C=N–C) groups is 1. The van der Waals surface area contributed by atoms with E-state index in [1.54, 1.807) is 0 Å². The monoisotopic (exact) mass is 389 g/mol. The molecule has 0 radical (unpaired) electrons. The lowest BCUT2D eigenvalue weighted by Gasteiger charge is -2.22. The molecule has 0 N–H and O–H groups in total. The number of benzene rings is 4. The van der Waals surface area contributed by atoms with E-state index in [1.807, 2.05) is 18.2 Å². The van der Waals surface area contributed by atoms with Gasteiger partial charge >= 0.3 is 0 Å². The van der Waals surface area contributed by atoms with Crippen LogP contribution in [0.15, 0.2) is 108 Å². The van der Waals surface area contributed by atoms with Crippen LogP contribution in [0.25, 0.3) is 16.8 Å². The molecule has 0 bridgehead atoms. The number of rotatable bonds is 5. The molecule has 0 aromatic heterocycles. The summed E-state index contributed by atoms with van der Waals surface area (Å²) in [6, 6.07) is 33.7. The predicted octanol–water partition coefficient (Wildman–Crippen LogP) is 6.44. The van der Waals surface area contributed by atoms with Gasteiger partial charge in [-0.15, -0.1) is 0 Å². The van der Waals surface area contributed by atoms with Gasteiger partial charge in [-0.05, 0) is 39.6 Å². The Morgan fingerprint density at radius 2 is 1.53 bits per heavy atom. The Morgan fingerprint density at radius 1 is 0.767 bits per heavy atom. The molecule has 4 aromatic carbocycles. The van der Waals surface area contributed by atoms with Crippen molar-refractivity contribution in [1.29, 1.82) is 0 Å². The minimum atomic E-state index is -0.170. The van der Waals surface area contributed by atoms with Gasteiger partial charge in [0.25, 0.3) is 0 Å². The summed E-state index contributed by atoms with van der Waals surface area (Å²) in [5.41, 5.74) is 5.78. The van der Waals surface area contributed by atoms with Gasteiger partial charge in [0, 0.05) is 12.0 Å². The SMILES string of the molecule is C(=C\c1ccc2ccccc2c1)/C1=NC(OCc2ccccc2)Cc2ccccc21. The zero-order valence-electron chi connectivity index (χ0n) is 16.7. The molecule has 0 saturated carbocycles. The van der Waals surface area contributed by atoms with Crippen LogP contribution in [0.4, 0.5) is 0 Å². The summed E-state index contributed by atoms with van der Waals surface area (Å²) in [6.45, 7) is 0.568. The Morgan fingerprint density at radius 3 is 2.43 bits per heavy atom. The average Bonchev–Trinajstić information content (AvgIpc) is 2.81. The largest absolute Gasteiger partial charge is 0.352 e. The highest BCUT2D eigenvalue weighted by molar-refractivity contribution is 6.12. The molecule has 0 fully saturated rings. The molecule has 146 valence electrons. The van der Waals surface area contributed by atoms with Gasteiger partial charge < -0.3 is 4.74 Å². The van der Waals surface area contributed by atoms with Crippen LogP contribution in [0.2, 0.25) is 0 Å². The van der Waals surface area contributed by atoms with Crippen LogP contribution >= 0.6 is 0 Å². The van der Waals surface area contributed by atoms with Crippen molar-refractivity contribution in [3.63, 3.8) is 0 Å². The van der Waals surface area contributed by atoms with Crippen LogP contribution in [0.3, 0.4) is 0 Å². The van der Waals surface area contributed by atoms with Crippen molar-refractivity contribution in [2.75, 3.05) is 0 Å². The van der Waals surface area contributed by atoms with E-state index in [4.69, 9.17) is 9.73 Å². The smallest absolute Gasteiger partial charge is 0.153 e. The van der Waals surface area contributed by atoms with Crippen LogP contribution < -0.4 is 0 Å². The molecule has 4 aromatic rings. The van der Waals surface area contributed by atoms with Crippen LogP contribution in [0.1, 0.15) is 22.3 Å². The second-order valence-corrected chi connectivity index (χ2v) is 7.57. The zero-order chi connectivity index (χ0) is 20.2. The van der Waals surface area contributed by atoms with Gasteiger partial charge in [-0.1, -0.05) is 97.1 Å². The molecular weight excluding hydrogens is 366 g/mol. The molecule has 0 amide bonds. The van der Waals surface area contributed by atoms with Gasteiger partial charge in [-0.2, -0.15) is 0 Å². The summed E-state index contributed by atoms with van der Waals surface area (Å²) in [5.74, 6) is 0. The van der Waals surface area contributed by atoms with E-state index in [0.717, 1.165) is 12.1 Å². The maximum atomic E-state index is 6.14. The van der Waals surface area contributed by atoms with Crippen LogP contribution in [0.5, 0.6) is 0 Å². The fourth-order valence-electron chi connectivity index (χ4n) is 3.89. The highest BCUT2D eigenvalue weighted by Gasteiger charge is 2.19. The summed E-state index contributed by atoms with van der Waals surface area (Å²) in [4.78, 5) is 4.92. The summed E-state index contributed by atoms with van der Waals surface area (Å²) in [5, 5.41) is 2.50. The van der Waals surface area contributed by atoms with Gasteiger partial charge in [0.15, 0.2) is 6.23 Å². The molecule has 2 heteroatoms. The Hall–Kier alpha value is -3.49. The second kappa shape index (κ2) is 8.48. The fraction of sp³-hybridized carbons (Fsp3) is 0.107. The highest BCUT2D eigenvalue weighted by atomic mass is 16.5. The third-order valence-electron chi connectivity index (χ3n) is 5.46. The Labute approximate surface area is 177 Å². The molecular formula is C28H23NO. The number of hydrogen-bond acceptors (Lipinski definition) is 2. The van der Waals surface area contributed by atoms with Gasteiger partial charge in [-0.3, -0.25) is 4.99 Å². The molecule has 0 aliphatic carbocycles. The zero-order valence-corrected chi connectivity index (χ0v) is 16.7. The normalized spacial score (nSPS) is 15.9. The van der Waals surface area contributed by atoms with Crippen molar-refractivity contribution >= 4 is 22.6 Å². The first-order chi connectivity index (χ1) is 14.8. The van der Waals surface area contributed by atoms with Crippen LogP contribution in [-0.4, -0.2) is 11.9 Å². The standard InChI is InChI=1S/C28H23NO/c1-2-8-22(9-3-1)20-30-28-19-25-12-6-7-13-26(25)27(29-28)17-15-21-14-16-23-10-4-5-11-24(23)18-21/h1-18,28H,19-20H2/b17-15+. The lowest BCUT2D eigenvalue weighted by molar-refractivity contribution is 0.0461. The average molecular weight is 389 g/mol. The summed E-state index contributed by atoms with van der Waals surface area (Å²) in [7, 11) is 0. The van der Waals surface area contributed by atoms with Gasteiger partial charge in [0.2, 0.25) is 0 Å². The van der Waals surface area contributed by atoms with Crippen molar-refractivity contribution in [1.82, 2.24) is 0 Å². The third-order valence-corrected chi connectivity index (χ3v) is 5.46. The number of ether oxygens (including phenoxy) is 1. The van der Waals surface area contributed by atoms with Crippen molar-refractivity contribution in [3.8, 4) is 0 Å². The van der Waals surface area contributed by atoms with Crippen molar-refractivity contribution in [2.24, 2.45) is 4.99 Å². The van der Waals surface area contributed by atoms with Crippen molar-refractivity contribution < 1.29 is 4.74 Å². The molecule has 1 atom stereocenters. The molecule has 30 heavy (non-hydrogen) atoms. The molecule has 1 aliphatic rings. The summed E-state index contributed by atoms with van der Waals surface area (Å²) in [6.07, 6.45) is 4.88. The van der Waals surface area contributed by atoms with E-state index in [9.17, 15) is 0 Å². The highest BCUT2D eigenvalue weighted by Crippen LogP contribution is 2.23. The van der Waals surface area contributed by atoms with Gasteiger partial charge in [-0.25, -0.2) is 0 Å².